The van der Waals surface area contributed by atoms with Crippen LogP contribution in [0.4, 0.5) is 27.3 Å². The average molecular weight is 486 g/mol. The Morgan fingerprint density at radius 2 is 2.06 bits per heavy atom. The van der Waals surface area contributed by atoms with Gasteiger partial charge in [-0.15, -0.1) is 0 Å². The number of carbonyl (C=O) groups excluding carboxylic acids is 1. The summed E-state index contributed by atoms with van der Waals surface area (Å²) in [5, 5.41) is 6.25. The zero-order valence-corrected chi connectivity index (χ0v) is 20.3. The van der Waals surface area contributed by atoms with Crippen molar-refractivity contribution in [3.8, 4) is 11.4 Å². The number of likely N-dealkylation sites (tertiary alicyclic amines) is 1. The predicted molar refractivity (Wildman–Crippen MR) is 141 cm³/mol. The summed E-state index contributed by atoms with van der Waals surface area (Å²) in [4.78, 5) is 25.6. The molecule has 1 aliphatic heterocycles. The summed E-state index contributed by atoms with van der Waals surface area (Å²) < 4.78 is 15.6. The highest BCUT2D eigenvalue weighted by Crippen LogP contribution is 2.33. The molecule has 4 aromatic rings. The van der Waals surface area contributed by atoms with Gasteiger partial charge in [-0.25, -0.2) is 14.4 Å². The number of hydrogen-bond donors (Lipinski definition) is 2. The largest absolute Gasteiger partial charge is 0.369 e. The van der Waals surface area contributed by atoms with Crippen LogP contribution >= 0.6 is 0 Å². The summed E-state index contributed by atoms with van der Waals surface area (Å²) in [6, 6.07) is 12.5. The molecule has 0 spiro atoms. The van der Waals surface area contributed by atoms with Crippen LogP contribution in [-0.2, 0) is 4.79 Å². The predicted octanol–water partition coefficient (Wildman–Crippen LogP) is 4.54. The lowest BCUT2D eigenvalue weighted by atomic mass is 10.1. The number of rotatable bonds is 7. The van der Waals surface area contributed by atoms with Crippen LogP contribution < -0.4 is 15.5 Å². The standard InChI is InChI=1S/C27H28FN7O/c1-4-26(36)32-23-13-20(8-9-24(23)34(3)21-10-11-33(2)16-21)31-25-17-35-22(14-29-25)15-30-27(35)18-6-5-7-19(28)12-18/h4-9,12-15,17,21,31H,1,10-11,16H2,2-3H3,(H,32,36). The summed E-state index contributed by atoms with van der Waals surface area (Å²) in [5.74, 6) is 0.605. The van der Waals surface area contributed by atoms with Gasteiger partial charge in [0.05, 0.1) is 35.5 Å². The van der Waals surface area contributed by atoms with Crippen LogP contribution in [0.3, 0.4) is 0 Å². The Kier molecular flexibility index (Phi) is 6.39. The summed E-state index contributed by atoms with van der Waals surface area (Å²) >= 11 is 0. The van der Waals surface area contributed by atoms with Crippen molar-refractivity contribution in [3.05, 3.63) is 79.5 Å². The number of halogens is 1. The minimum atomic E-state index is -0.319. The highest BCUT2D eigenvalue weighted by atomic mass is 19.1. The van der Waals surface area contributed by atoms with E-state index in [1.54, 1.807) is 18.5 Å². The van der Waals surface area contributed by atoms with Gasteiger partial charge in [0, 0.05) is 30.9 Å². The third-order valence-electron chi connectivity index (χ3n) is 6.50. The lowest BCUT2D eigenvalue weighted by molar-refractivity contribution is -0.111. The summed E-state index contributed by atoms with van der Waals surface area (Å²) in [7, 11) is 4.17. The monoisotopic (exact) mass is 485 g/mol. The first-order chi connectivity index (χ1) is 17.4. The number of likely N-dealkylation sites (N-methyl/N-ethyl adjacent to an activating group) is 2. The lowest BCUT2D eigenvalue weighted by Crippen LogP contribution is -2.34. The molecule has 1 amide bonds. The molecule has 2 N–H and O–H groups in total. The van der Waals surface area contributed by atoms with Gasteiger partial charge < -0.3 is 20.4 Å². The van der Waals surface area contributed by atoms with Gasteiger partial charge in [0.2, 0.25) is 5.91 Å². The Bertz CT molecular complexity index is 1430. The number of nitrogens with one attached hydrogen (secondary N) is 2. The van der Waals surface area contributed by atoms with E-state index in [0.717, 1.165) is 36.4 Å². The van der Waals surface area contributed by atoms with Gasteiger partial charge in [-0.05, 0) is 56.4 Å². The molecule has 2 aromatic carbocycles. The maximum Gasteiger partial charge on any atom is 0.247 e. The number of fused-ring (bicyclic) bond motifs is 1. The van der Waals surface area contributed by atoms with E-state index < -0.39 is 0 Å². The molecular formula is C27H28FN7O. The molecule has 9 heteroatoms. The maximum absolute atomic E-state index is 13.8. The van der Waals surface area contributed by atoms with E-state index in [9.17, 15) is 9.18 Å². The van der Waals surface area contributed by atoms with Crippen LogP contribution in [0.1, 0.15) is 6.42 Å². The van der Waals surface area contributed by atoms with Crippen molar-refractivity contribution in [2.45, 2.75) is 12.5 Å². The van der Waals surface area contributed by atoms with Gasteiger partial charge in [0.25, 0.3) is 0 Å². The van der Waals surface area contributed by atoms with Crippen LogP contribution in [0.2, 0.25) is 0 Å². The van der Waals surface area contributed by atoms with Crippen molar-refractivity contribution < 1.29 is 9.18 Å². The van der Waals surface area contributed by atoms with Crippen molar-refractivity contribution in [3.63, 3.8) is 0 Å². The Hall–Kier alpha value is -4.24. The van der Waals surface area contributed by atoms with Crippen molar-refractivity contribution in [2.24, 2.45) is 0 Å². The smallest absolute Gasteiger partial charge is 0.247 e. The van der Waals surface area contributed by atoms with E-state index >= 15 is 0 Å². The minimum Gasteiger partial charge on any atom is -0.369 e. The van der Waals surface area contributed by atoms with Crippen LogP contribution in [0.15, 0.2) is 73.7 Å². The van der Waals surface area contributed by atoms with Crippen molar-refractivity contribution in [2.75, 3.05) is 42.7 Å². The van der Waals surface area contributed by atoms with E-state index in [1.165, 1.54) is 18.2 Å². The molecule has 2 aromatic heterocycles. The molecule has 1 unspecified atom stereocenters. The fraction of sp³-hybridized carbons (Fsp3) is 0.222. The van der Waals surface area contributed by atoms with Gasteiger partial charge in [0.1, 0.15) is 17.5 Å². The molecule has 36 heavy (non-hydrogen) atoms. The van der Waals surface area contributed by atoms with E-state index in [1.807, 2.05) is 34.9 Å². The molecular weight excluding hydrogens is 457 g/mol. The zero-order chi connectivity index (χ0) is 25.2. The molecule has 1 saturated heterocycles. The Labute approximate surface area is 209 Å². The number of anilines is 4. The summed E-state index contributed by atoms with van der Waals surface area (Å²) in [5.41, 5.74) is 3.84. The number of aromatic nitrogens is 3. The van der Waals surface area contributed by atoms with Gasteiger partial charge in [-0.1, -0.05) is 18.7 Å². The molecule has 0 bridgehead atoms. The third-order valence-corrected chi connectivity index (χ3v) is 6.50. The van der Waals surface area contributed by atoms with Crippen molar-refractivity contribution >= 4 is 34.3 Å². The van der Waals surface area contributed by atoms with Crippen molar-refractivity contribution in [1.29, 1.82) is 0 Å². The molecule has 3 heterocycles. The van der Waals surface area contributed by atoms with Crippen LogP contribution in [0.5, 0.6) is 0 Å². The Morgan fingerprint density at radius 3 is 2.81 bits per heavy atom. The topological polar surface area (TPSA) is 77.8 Å². The molecule has 184 valence electrons. The second-order valence-corrected chi connectivity index (χ2v) is 9.03. The summed E-state index contributed by atoms with van der Waals surface area (Å²) in [6.45, 7) is 5.59. The van der Waals surface area contributed by atoms with Gasteiger partial charge in [0.15, 0.2) is 0 Å². The fourth-order valence-corrected chi connectivity index (χ4v) is 4.58. The highest BCUT2D eigenvalue weighted by Gasteiger charge is 2.25. The molecule has 0 radical (unpaired) electrons. The molecule has 5 rings (SSSR count). The van der Waals surface area contributed by atoms with E-state index in [-0.39, 0.29) is 11.7 Å². The second kappa shape index (κ2) is 9.79. The molecule has 1 atom stereocenters. The molecule has 1 aliphatic rings. The Balaban J connectivity index is 1.45. The number of benzene rings is 2. The van der Waals surface area contributed by atoms with Crippen LogP contribution in [-0.4, -0.2) is 58.4 Å². The first kappa shape index (κ1) is 23.5. The van der Waals surface area contributed by atoms with E-state index in [4.69, 9.17) is 0 Å². The highest BCUT2D eigenvalue weighted by molar-refractivity contribution is 6.01. The molecule has 0 saturated carbocycles. The normalized spacial score (nSPS) is 15.7. The third kappa shape index (κ3) is 4.78. The van der Waals surface area contributed by atoms with Gasteiger partial charge in [-0.2, -0.15) is 0 Å². The quantitative estimate of drug-likeness (QED) is 0.374. The number of nitrogens with zero attached hydrogens (tertiary/aromatic N) is 5. The van der Waals surface area contributed by atoms with E-state index in [0.29, 0.717) is 28.9 Å². The van der Waals surface area contributed by atoms with Gasteiger partial charge >= 0.3 is 0 Å². The minimum absolute atomic E-state index is 0.275. The van der Waals surface area contributed by atoms with Crippen LogP contribution in [0, 0.1) is 5.82 Å². The van der Waals surface area contributed by atoms with Crippen LogP contribution in [0.25, 0.3) is 16.9 Å². The number of amides is 1. The fourth-order valence-electron chi connectivity index (χ4n) is 4.58. The Morgan fingerprint density at radius 1 is 1.22 bits per heavy atom. The van der Waals surface area contributed by atoms with Gasteiger partial charge in [-0.3, -0.25) is 9.20 Å². The second-order valence-electron chi connectivity index (χ2n) is 9.03. The average Bonchev–Trinajstić information content (AvgIpc) is 3.50. The maximum atomic E-state index is 13.8. The SMILES string of the molecule is C=CC(=O)Nc1cc(Nc2cn3c(-c4cccc(F)c4)ncc3cn2)ccc1N(C)C1CCN(C)C1. The zero-order valence-electron chi connectivity index (χ0n) is 20.3. The molecule has 8 nitrogen and oxygen atoms in total. The molecule has 1 fully saturated rings. The molecule has 0 aliphatic carbocycles. The summed E-state index contributed by atoms with van der Waals surface area (Å²) in [6.07, 6.45) is 7.54. The first-order valence-electron chi connectivity index (χ1n) is 11.8. The number of hydrogen-bond acceptors (Lipinski definition) is 6. The lowest BCUT2D eigenvalue weighted by Gasteiger charge is -2.29. The number of carbonyl (C=O) groups is 1. The van der Waals surface area contributed by atoms with E-state index in [2.05, 4.69) is 51.1 Å². The van der Waals surface area contributed by atoms with Crippen molar-refractivity contribution in [1.82, 2.24) is 19.3 Å². The number of imidazole rings is 1. The first-order valence-corrected chi connectivity index (χ1v) is 11.8.